The Morgan fingerprint density at radius 3 is 2.52 bits per heavy atom. The number of nitro groups is 1. The van der Waals surface area contributed by atoms with Crippen LogP contribution in [0.15, 0.2) is 66.3 Å². The number of hydrogen-bond donors (Lipinski definition) is 0. The fourth-order valence-corrected chi connectivity index (χ4v) is 6.62. The smallest absolute Gasteiger partial charge is 0.338 e. The average Bonchev–Trinajstić information content (AvgIpc) is 3.57. The number of fused-ring (bicyclic) bond motifs is 1. The van der Waals surface area contributed by atoms with Gasteiger partial charge in [0.25, 0.3) is 11.2 Å². The molecule has 2 aromatic carbocycles. The number of ether oxygens (including phenoxy) is 3. The third kappa shape index (κ3) is 5.48. The molecular weight excluding hydrogens is 654 g/mol. The Balaban J connectivity index is 1.67. The monoisotopic (exact) mass is 681 g/mol. The van der Waals surface area contributed by atoms with Crippen molar-refractivity contribution in [3.63, 3.8) is 0 Å². The van der Waals surface area contributed by atoms with Crippen LogP contribution in [0, 0.1) is 24.0 Å². The Kier molecular flexibility index (Phi) is 8.62. The molecule has 2 aromatic heterocycles. The highest BCUT2D eigenvalue weighted by Gasteiger charge is 2.35. The number of esters is 1. The third-order valence-electron chi connectivity index (χ3n) is 7.34. The minimum atomic E-state index is -0.884. The number of aryl methyl sites for hydroxylation is 1. The quantitative estimate of drug-likeness (QED) is 0.138. The molecule has 0 saturated carbocycles. The molecule has 1 aliphatic rings. The number of rotatable bonds is 8. The molecule has 228 valence electrons. The second kappa shape index (κ2) is 12.2. The molecule has 0 aliphatic carbocycles. The number of carbonyl (C=O) groups is 1. The first-order chi connectivity index (χ1) is 21.0. The molecule has 0 spiro atoms. The summed E-state index contributed by atoms with van der Waals surface area (Å²) in [5.41, 5.74) is 2.71. The molecular formula is C31H28BrN3O8S. The van der Waals surface area contributed by atoms with Crippen LogP contribution >= 0.6 is 27.3 Å². The van der Waals surface area contributed by atoms with E-state index in [0.717, 1.165) is 16.9 Å². The predicted octanol–water partition coefficient (Wildman–Crippen LogP) is 5.36. The van der Waals surface area contributed by atoms with Gasteiger partial charge in [-0.15, -0.1) is 0 Å². The maximum Gasteiger partial charge on any atom is 0.338 e. The van der Waals surface area contributed by atoms with E-state index in [2.05, 4.69) is 20.9 Å². The highest BCUT2D eigenvalue weighted by molar-refractivity contribution is 9.10. The fourth-order valence-electron chi connectivity index (χ4n) is 5.05. The van der Waals surface area contributed by atoms with Crippen LogP contribution in [0.2, 0.25) is 0 Å². The van der Waals surface area contributed by atoms with Gasteiger partial charge in [-0.3, -0.25) is 19.5 Å². The van der Waals surface area contributed by atoms with Crippen LogP contribution in [-0.4, -0.2) is 36.3 Å². The summed E-state index contributed by atoms with van der Waals surface area (Å²) < 4.78 is 24.7. The van der Waals surface area contributed by atoms with E-state index in [1.165, 1.54) is 24.9 Å². The molecule has 1 aliphatic heterocycles. The molecule has 0 amide bonds. The Hall–Kier alpha value is -4.49. The molecule has 0 bridgehead atoms. The van der Waals surface area contributed by atoms with Gasteiger partial charge in [0.15, 0.2) is 16.3 Å². The summed E-state index contributed by atoms with van der Waals surface area (Å²) in [7, 11) is 3.02. The van der Waals surface area contributed by atoms with Gasteiger partial charge in [-0.05, 0) is 69.2 Å². The summed E-state index contributed by atoms with van der Waals surface area (Å²) in [6.07, 6.45) is 1.59. The molecule has 0 radical (unpaired) electrons. The Labute approximate surface area is 264 Å². The van der Waals surface area contributed by atoms with Crippen molar-refractivity contribution in [2.75, 3.05) is 20.8 Å². The van der Waals surface area contributed by atoms with E-state index in [4.69, 9.17) is 18.6 Å². The van der Waals surface area contributed by atoms with Crippen molar-refractivity contribution in [3.05, 3.63) is 104 Å². The Morgan fingerprint density at radius 1 is 1.16 bits per heavy atom. The number of allylic oxidation sites excluding steroid dienone is 1. The molecule has 3 heterocycles. The van der Waals surface area contributed by atoms with Crippen molar-refractivity contribution in [2.45, 2.75) is 33.7 Å². The standard InChI is InChI=1S/C31H28BrN3O8S/c1-7-42-30(37)27-17(4)33-31-34(28(27)20-13-24(40-5)25(41-6)14-21(20)32)29(36)26(44-31)12-19-8-9-23(43-19)18-10-15(2)16(3)22(11-18)35(38)39/h8-14,28H,7H2,1-6H3/b26-12-/t28-/m1/s1. The number of hydrogen-bond acceptors (Lipinski definition) is 10. The second-order valence-electron chi connectivity index (χ2n) is 9.93. The van der Waals surface area contributed by atoms with E-state index in [9.17, 15) is 19.7 Å². The van der Waals surface area contributed by atoms with Gasteiger partial charge in [0.2, 0.25) is 0 Å². The summed E-state index contributed by atoms with van der Waals surface area (Å²) in [6, 6.07) is 9.22. The zero-order valence-corrected chi connectivity index (χ0v) is 27.1. The molecule has 0 fully saturated rings. The number of nitro benzene ring substituents is 1. The molecule has 11 nitrogen and oxygen atoms in total. The van der Waals surface area contributed by atoms with Crippen molar-refractivity contribution in [2.24, 2.45) is 4.99 Å². The van der Waals surface area contributed by atoms with Crippen molar-refractivity contribution < 1.29 is 28.3 Å². The molecule has 0 saturated heterocycles. The van der Waals surface area contributed by atoms with Gasteiger partial charge < -0.3 is 18.6 Å². The molecule has 0 N–H and O–H groups in total. The Bertz CT molecular complexity index is 2040. The van der Waals surface area contributed by atoms with E-state index in [-0.39, 0.29) is 17.9 Å². The number of methoxy groups -OCH3 is 2. The molecule has 4 aromatic rings. The molecule has 1 atom stereocenters. The lowest BCUT2D eigenvalue weighted by Crippen LogP contribution is -2.40. The van der Waals surface area contributed by atoms with Gasteiger partial charge in [0.05, 0.1) is 47.6 Å². The number of benzene rings is 2. The van der Waals surface area contributed by atoms with Crippen molar-refractivity contribution in [3.8, 4) is 22.8 Å². The van der Waals surface area contributed by atoms with Gasteiger partial charge >= 0.3 is 5.97 Å². The molecule has 44 heavy (non-hydrogen) atoms. The number of thiazole rings is 1. The highest BCUT2D eigenvalue weighted by Crippen LogP contribution is 2.41. The van der Waals surface area contributed by atoms with Crippen molar-refractivity contribution in [1.82, 2.24) is 4.57 Å². The minimum absolute atomic E-state index is 0.000330. The van der Waals surface area contributed by atoms with E-state index < -0.39 is 22.5 Å². The first kappa shape index (κ1) is 31.0. The lowest BCUT2D eigenvalue weighted by Gasteiger charge is -2.26. The van der Waals surface area contributed by atoms with Crippen LogP contribution in [-0.2, 0) is 9.53 Å². The van der Waals surface area contributed by atoms with Crippen molar-refractivity contribution >= 4 is 45.0 Å². The minimum Gasteiger partial charge on any atom is -0.493 e. The number of carbonyl (C=O) groups excluding carboxylic acids is 1. The molecule has 0 unspecified atom stereocenters. The zero-order chi connectivity index (χ0) is 31.9. The largest absolute Gasteiger partial charge is 0.493 e. The summed E-state index contributed by atoms with van der Waals surface area (Å²) in [4.78, 5) is 43.4. The lowest BCUT2D eigenvalue weighted by molar-refractivity contribution is -0.385. The Morgan fingerprint density at radius 2 is 1.86 bits per heavy atom. The average molecular weight is 683 g/mol. The van der Waals surface area contributed by atoms with E-state index >= 15 is 0 Å². The van der Waals surface area contributed by atoms with Crippen LogP contribution in [0.5, 0.6) is 11.5 Å². The van der Waals surface area contributed by atoms with Gasteiger partial charge in [-0.2, -0.15) is 0 Å². The zero-order valence-electron chi connectivity index (χ0n) is 24.7. The van der Waals surface area contributed by atoms with Crippen LogP contribution in [0.3, 0.4) is 0 Å². The van der Waals surface area contributed by atoms with Crippen molar-refractivity contribution in [1.29, 1.82) is 0 Å². The van der Waals surface area contributed by atoms with E-state index in [0.29, 0.717) is 59.2 Å². The first-order valence-corrected chi connectivity index (χ1v) is 15.1. The summed E-state index contributed by atoms with van der Waals surface area (Å²) in [5.74, 6) is 1.09. The molecule has 5 rings (SSSR count). The maximum atomic E-state index is 14.0. The second-order valence-corrected chi connectivity index (χ2v) is 11.8. The number of nitrogens with zero attached hydrogens (tertiary/aromatic N) is 3. The fraction of sp³-hybridized carbons (Fsp3) is 0.258. The molecule has 13 heteroatoms. The number of halogens is 1. The van der Waals surface area contributed by atoms with Crippen LogP contribution < -0.4 is 24.4 Å². The summed E-state index contributed by atoms with van der Waals surface area (Å²) in [6.45, 7) is 7.05. The van der Waals surface area contributed by atoms with Crippen LogP contribution in [0.25, 0.3) is 17.4 Å². The SMILES string of the molecule is CCOC(=O)C1=C(C)N=c2s/c(=C\c3ccc(-c4cc(C)c(C)c([N+](=O)[O-])c4)o3)c(=O)n2[C@@H]1c1cc(OC)c(OC)cc1Br. The van der Waals surface area contributed by atoms with Gasteiger partial charge in [0.1, 0.15) is 11.5 Å². The summed E-state index contributed by atoms with van der Waals surface area (Å²) >= 11 is 4.74. The third-order valence-corrected chi connectivity index (χ3v) is 9.01. The van der Waals surface area contributed by atoms with Gasteiger partial charge in [0, 0.05) is 27.7 Å². The maximum absolute atomic E-state index is 14.0. The van der Waals surface area contributed by atoms with Gasteiger partial charge in [-0.25, -0.2) is 9.79 Å². The van der Waals surface area contributed by atoms with Crippen LogP contribution in [0.1, 0.15) is 42.3 Å². The topological polar surface area (TPSA) is 135 Å². The van der Waals surface area contributed by atoms with E-state index in [1.807, 2.05) is 6.07 Å². The lowest BCUT2D eigenvalue weighted by atomic mass is 9.95. The normalized spacial score (nSPS) is 14.7. The van der Waals surface area contributed by atoms with Crippen LogP contribution in [0.4, 0.5) is 5.69 Å². The van der Waals surface area contributed by atoms with Gasteiger partial charge in [-0.1, -0.05) is 27.3 Å². The first-order valence-electron chi connectivity index (χ1n) is 13.5. The number of furan rings is 1. The number of aromatic nitrogens is 1. The predicted molar refractivity (Wildman–Crippen MR) is 168 cm³/mol. The highest BCUT2D eigenvalue weighted by atomic mass is 79.9. The summed E-state index contributed by atoms with van der Waals surface area (Å²) in [5, 5.41) is 11.6. The van der Waals surface area contributed by atoms with E-state index in [1.54, 1.807) is 58.0 Å².